The van der Waals surface area contributed by atoms with Crippen molar-refractivity contribution in [2.45, 2.75) is 115 Å². The van der Waals surface area contributed by atoms with Gasteiger partial charge in [0.1, 0.15) is 11.6 Å². The van der Waals surface area contributed by atoms with Gasteiger partial charge in [-0.05, 0) is 62.5 Å². The van der Waals surface area contributed by atoms with Gasteiger partial charge in [0, 0.05) is 63.1 Å². The lowest BCUT2D eigenvalue weighted by Gasteiger charge is -2.48. The number of nitrogens with zero attached hydrogens (tertiary/aromatic N) is 6. The highest BCUT2D eigenvalue weighted by Crippen LogP contribution is 2.43. The molecule has 2 bridgehead atoms. The molecule has 7 nitrogen and oxygen atoms in total. The van der Waals surface area contributed by atoms with Gasteiger partial charge in [-0.25, -0.2) is 9.97 Å². The second-order valence-electron chi connectivity index (χ2n) is 14.0. The van der Waals surface area contributed by atoms with Gasteiger partial charge in [0.05, 0.1) is 30.8 Å². The number of aromatic nitrogens is 4. The number of likely N-dealkylation sites (tertiary alicyclic amines) is 1. The molecule has 0 amide bonds. The Morgan fingerprint density at radius 1 is 0.905 bits per heavy atom. The smallest absolute Gasteiger partial charge is 0.122 e. The molecule has 1 aromatic carbocycles. The Hall–Kier alpha value is -2.22. The molecule has 7 heteroatoms. The van der Waals surface area contributed by atoms with Gasteiger partial charge >= 0.3 is 0 Å². The number of para-hydroxylation sites is 2. The SMILES string of the molecule is CCC[C@H]1C[C@@H](n2c(C[C@@H]3COCCN3Cc3nccn3C)nc3ccccc32)CCN1[C@@H]1C[C@@H]2CCCC[C@@H](C2)C1. The summed E-state index contributed by atoms with van der Waals surface area (Å²) >= 11 is 0. The molecule has 42 heavy (non-hydrogen) atoms. The van der Waals surface area contributed by atoms with Crippen molar-refractivity contribution in [2.24, 2.45) is 18.9 Å². The summed E-state index contributed by atoms with van der Waals surface area (Å²) in [7, 11) is 2.09. The third-order valence-corrected chi connectivity index (χ3v) is 11.2. The van der Waals surface area contributed by atoms with Gasteiger partial charge in [-0.15, -0.1) is 0 Å². The zero-order chi connectivity index (χ0) is 28.5. The predicted octanol–water partition coefficient (Wildman–Crippen LogP) is 6.38. The highest BCUT2D eigenvalue weighted by atomic mass is 16.5. The maximum absolute atomic E-state index is 6.05. The zero-order valence-electron chi connectivity index (χ0n) is 26.0. The fourth-order valence-electron chi connectivity index (χ4n) is 9.19. The van der Waals surface area contributed by atoms with Crippen LogP contribution >= 0.6 is 0 Å². The molecule has 6 atom stereocenters. The first-order valence-corrected chi connectivity index (χ1v) is 17.2. The van der Waals surface area contributed by atoms with Crippen molar-refractivity contribution < 1.29 is 4.74 Å². The Morgan fingerprint density at radius 2 is 1.74 bits per heavy atom. The molecule has 4 heterocycles. The van der Waals surface area contributed by atoms with Crippen molar-refractivity contribution in [3.05, 3.63) is 48.3 Å². The highest BCUT2D eigenvalue weighted by molar-refractivity contribution is 5.76. The van der Waals surface area contributed by atoms with Crippen LogP contribution in [0.4, 0.5) is 0 Å². The van der Waals surface area contributed by atoms with Gasteiger partial charge in [0.25, 0.3) is 0 Å². The Labute approximate surface area is 252 Å². The zero-order valence-corrected chi connectivity index (χ0v) is 26.0. The van der Waals surface area contributed by atoms with Gasteiger partial charge in [0.15, 0.2) is 0 Å². The first-order valence-electron chi connectivity index (χ1n) is 17.2. The normalized spacial score (nSPS) is 31.4. The molecule has 3 aromatic rings. The number of hydrogen-bond donors (Lipinski definition) is 0. The van der Waals surface area contributed by atoms with Crippen LogP contribution in [0.5, 0.6) is 0 Å². The molecule has 4 aliphatic rings. The summed E-state index contributed by atoms with van der Waals surface area (Å²) in [6, 6.07) is 11.2. The lowest BCUT2D eigenvalue weighted by molar-refractivity contribution is -0.0141. The van der Waals surface area contributed by atoms with Crippen LogP contribution in [0.2, 0.25) is 0 Å². The van der Waals surface area contributed by atoms with Crippen LogP contribution < -0.4 is 0 Å². The number of piperidine rings is 1. The molecule has 0 unspecified atom stereocenters. The van der Waals surface area contributed by atoms with Crippen LogP contribution in [0.15, 0.2) is 36.7 Å². The first kappa shape index (κ1) is 28.5. The monoisotopic (exact) mass is 572 g/mol. The average Bonchev–Trinajstić information content (AvgIpc) is 3.53. The molecule has 2 aromatic heterocycles. The number of rotatable bonds is 8. The second-order valence-corrected chi connectivity index (χ2v) is 14.0. The Bertz CT molecular complexity index is 1300. The number of hydrogen-bond acceptors (Lipinski definition) is 5. The van der Waals surface area contributed by atoms with Crippen LogP contribution in [0, 0.1) is 11.8 Å². The summed E-state index contributed by atoms with van der Waals surface area (Å²) in [5.41, 5.74) is 2.46. The van der Waals surface area contributed by atoms with Crippen molar-refractivity contribution in [2.75, 3.05) is 26.3 Å². The minimum absolute atomic E-state index is 0.308. The molecule has 0 N–H and O–H groups in total. The summed E-state index contributed by atoms with van der Waals surface area (Å²) in [6.07, 6.45) is 20.3. The van der Waals surface area contributed by atoms with Gasteiger partial charge in [-0.2, -0.15) is 0 Å². The lowest BCUT2D eigenvalue weighted by atomic mass is 9.76. The molecule has 2 saturated heterocycles. The topological polar surface area (TPSA) is 51.4 Å². The quantitative estimate of drug-likeness (QED) is 0.314. The molecule has 2 aliphatic carbocycles. The van der Waals surface area contributed by atoms with Crippen LogP contribution in [0.1, 0.15) is 95.2 Å². The van der Waals surface area contributed by atoms with Crippen molar-refractivity contribution in [1.29, 1.82) is 0 Å². The van der Waals surface area contributed by atoms with E-state index in [0.717, 1.165) is 61.9 Å². The van der Waals surface area contributed by atoms with E-state index in [-0.39, 0.29) is 0 Å². The Balaban J connectivity index is 1.13. The van der Waals surface area contributed by atoms with Crippen LogP contribution in [-0.4, -0.2) is 73.3 Å². The fraction of sp³-hybridized carbons (Fsp3) is 0.714. The van der Waals surface area contributed by atoms with E-state index in [9.17, 15) is 0 Å². The molecule has 4 fully saturated rings. The van der Waals surface area contributed by atoms with Gasteiger partial charge in [-0.1, -0.05) is 51.2 Å². The van der Waals surface area contributed by atoms with Gasteiger partial charge < -0.3 is 13.9 Å². The molecular weight excluding hydrogens is 520 g/mol. The molecule has 0 spiro atoms. The van der Waals surface area contributed by atoms with Crippen molar-refractivity contribution in [3.8, 4) is 0 Å². The summed E-state index contributed by atoms with van der Waals surface area (Å²) in [6.45, 7) is 6.98. The van der Waals surface area contributed by atoms with E-state index in [1.807, 2.05) is 12.4 Å². The van der Waals surface area contributed by atoms with Gasteiger partial charge in [-0.3, -0.25) is 9.80 Å². The van der Waals surface area contributed by atoms with E-state index < -0.39 is 0 Å². The second kappa shape index (κ2) is 12.8. The molecule has 228 valence electrons. The van der Waals surface area contributed by atoms with Crippen molar-refractivity contribution >= 4 is 11.0 Å². The summed E-state index contributed by atoms with van der Waals surface area (Å²) < 4.78 is 10.9. The predicted molar refractivity (Wildman–Crippen MR) is 168 cm³/mol. The van der Waals surface area contributed by atoms with E-state index in [1.54, 1.807) is 0 Å². The third kappa shape index (κ3) is 5.94. The van der Waals surface area contributed by atoms with Crippen molar-refractivity contribution in [1.82, 2.24) is 28.9 Å². The van der Waals surface area contributed by atoms with Crippen molar-refractivity contribution in [3.63, 3.8) is 0 Å². The van der Waals surface area contributed by atoms with E-state index in [4.69, 9.17) is 9.72 Å². The van der Waals surface area contributed by atoms with Crippen LogP contribution in [-0.2, 0) is 24.8 Å². The Morgan fingerprint density at radius 3 is 2.52 bits per heavy atom. The first-order chi connectivity index (χ1) is 20.7. The summed E-state index contributed by atoms with van der Waals surface area (Å²) in [5, 5.41) is 0. The standard InChI is InChI=1S/C35H52N6O/c1-3-8-28-22-29(13-15-40(28)30-20-26-9-4-5-10-27(19-26)21-30)41-33-12-7-6-11-32(33)37-34(41)23-31-25-42-18-17-39(31)24-35-36-14-16-38(35)2/h6-7,11-12,14,16,26-31H,3-5,8-10,13,15,17-25H2,1-2H3/t26-,27+,28-,29-,30-,31+/m0/s1. The fourth-order valence-corrected chi connectivity index (χ4v) is 9.19. The third-order valence-electron chi connectivity index (χ3n) is 11.2. The number of fused-ring (bicyclic) bond motifs is 3. The molecule has 2 saturated carbocycles. The van der Waals surface area contributed by atoms with E-state index in [2.05, 4.69) is 62.2 Å². The molecular formula is C35H52N6O. The minimum Gasteiger partial charge on any atom is -0.378 e. The van der Waals surface area contributed by atoms with E-state index in [1.165, 1.54) is 88.5 Å². The average molecular weight is 573 g/mol. The number of benzene rings is 1. The molecule has 2 aliphatic heterocycles. The summed E-state index contributed by atoms with van der Waals surface area (Å²) in [5.74, 6) is 4.32. The maximum atomic E-state index is 6.05. The number of imidazole rings is 2. The largest absolute Gasteiger partial charge is 0.378 e. The highest BCUT2D eigenvalue weighted by Gasteiger charge is 2.39. The number of morpholine rings is 1. The molecule has 0 radical (unpaired) electrons. The molecule has 7 rings (SSSR count). The minimum atomic E-state index is 0.308. The Kier molecular flexibility index (Phi) is 8.69. The van der Waals surface area contributed by atoms with Crippen LogP contribution in [0.3, 0.4) is 0 Å². The summed E-state index contributed by atoms with van der Waals surface area (Å²) in [4.78, 5) is 15.5. The van der Waals surface area contributed by atoms with E-state index in [0.29, 0.717) is 18.1 Å². The number of ether oxygens (including phenoxy) is 1. The van der Waals surface area contributed by atoms with Gasteiger partial charge in [0.2, 0.25) is 0 Å². The number of aryl methyl sites for hydroxylation is 1. The van der Waals surface area contributed by atoms with E-state index >= 15 is 0 Å². The van der Waals surface area contributed by atoms with Crippen LogP contribution in [0.25, 0.3) is 11.0 Å². The lowest BCUT2D eigenvalue weighted by Crippen LogP contribution is -2.51. The maximum Gasteiger partial charge on any atom is 0.122 e.